The van der Waals surface area contributed by atoms with Gasteiger partial charge in [0.15, 0.2) is 5.17 Å². The van der Waals surface area contributed by atoms with Crippen LogP contribution < -0.4 is 5.73 Å². The average Bonchev–Trinajstić information content (AvgIpc) is 2.04. The first kappa shape index (κ1) is 6.54. The second-order valence-electron chi connectivity index (χ2n) is 2.08. The van der Waals surface area contributed by atoms with E-state index in [9.17, 15) is 0 Å². The second-order valence-corrected chi connectivity index (χ2v) is 2.97. The van der Waals surface area contributed by atoms with Gasteiger partial charge >= 0.3 is 0 Å². The van der Waals surface area contributed by atoms with Crippen molar-refractivity contribution in [2.45, 2.75) is 0 Å². The van der Waals surface area contributed by atoms with E-state index < -0.39 is 0 Å². The molecule has 0 aromatic carbocycles. The minimum Gasteiger partial charge on any atom is -0.470 e. The maximum absolute atomic E-state index is 5.49. The highest BCUT2D eigenvalue weighted by molar-refractivity contribution is 8.16. The Morgan fingerprint density at radius 3 is 3.36 bits per heavy atom. The quantitative estimate of drug-likeness (QED) is 0.590. The third-order valence-electron chi connectivity index (χ3n) is 1.34. The number of hydrogen-bond acceptors (Lipinski definition) is 4. The minimum absolute atomic E-state index is 0.555. The van der Waals surface area contributed by atoms with Crippen molar-refractivity contribution in [3.63, 3.8) is 0 Å². The van der Waals surface area contributed by atoms with Crippen LogP contribution in [0.2, 0.25) is 0 Å². The van der Waals surface area contributed by atoms with Crippen molar-refractivity contribution in [2.24, 2.45) is 10.7 Å². The number of allylic oxidation sites excluding steroid dienone is 1. The van der Waals surface area contributed by atoms with E-state index >= 15 is 0 Å². The van der Waals surface area contributed by atoms with E-state index in [4.69, 9.17) is 10.5 Å². The first-order valence-electron chi connectivity index (χ1n) is 3.10. The van der Waals surface area contributed by atoms with Gasteiger partial charge in [-0.05, 0) is 11.5 Å². The number of hydrogen-bond donors (Lipinski definition) is 1. The number of amidine groups is 1. The lowest BCUT2D eigenvalue weighted by Gasteiger charge is -2.12. The zero-order chi connectivity index (χ0) is 7.68. The molecule has 11 heavy (non-hydrogen) atoms. The van der Waals surface area contributed by atoms with Crippen LogP contribution in [0.4, 0.5) is 0 Å². The minimum atomic E-state index is 0.555. The van der Waals surface area contributed by atoms with Crippen molar-refractivity contribution in [2.75, 3.05) is 0 Å². The van der Waals surface area contributed by atoms with Crippen LogP contribution in [-0.4, -0.2) is 5.17 Å². The fourth-order valence-electron chi connectivity index (χ4n) is 0.829. The Kier molecular flexibility index (Phi) is 1.47. The average molecular weight is 166 g/mol. The topological polar surface area (TPSA) is 47.6 Å². The van der Waals surface area contributed by atoms with Gasteiger partial charge < -0.3 is 10.5 Å². The largest absolute Gasteiger partial charge is 0.470 e. The van der Waals surface area contributed by atoms with Crippen LogP contribution in [0.25, 0.3) is 0 Å². The van der Waals surface area contributed by atoms with Gasteiger partial charge in [0.25, 0.3) is 0 Å². The monoisotopic (exact) mass is 166 g/mol. The van der Waals surface area contributed by atoms with E-state index in [0.717, 1.165) is 11.3 Å². The van der Waals surface area contributed by atoms with Gasteiger partial charge in [-0.25, -0.2) is 4.99 Å². The van der Waals surface area contributed by atoms with Crippen LogP contribution in [0, 0.1) is 0 Å². The SMILES string of the molecule is NC1=NC2=COC=CC2=CS1. The Bertz CT molecular complexity index is 302. The summed E-state index contributed by atoms with van der Waals surface area (Å²) in [7, 11) is 0. The number of fused-ring (bicyclic) bond motifs is 1. The number of aliphatic imine (C=N–C) groups is 1. The van der Waals surface area contributed by atoms with Gasteiger partial charge in [-0.1, -0.05) is 11.8 Å². The Morgan fingerprint density at radius 1 is 1.55 bits per heavy atom. The van der Waals surface area contributed by atoms with Crippen molar-refractivity contribution in [3.05, 3.63) is 35.3 Å². The van der Waals surface area contributed by atoms with Gasteiger partial charge in [0, 0.05) is 5.57 Å². The van der Waals surface area contributed by atoms with E-state index in [1.54, 1.807) is 12.5 Å². The molecule has 3 nitrogen and oxygen atoms in total. The summed E-state index contributed by atoms with van der Waals surface area (Å²) < 4.78 is 4.93. The molecule has 2 heterocycles. The summed E-state index contributed by atoms with van der Waals surface area (Å²) in [4.78, 5) is 4.08. The molecule has 56 valence electrons. The maximum atomic E-state index is 5.49. The lowest BCUT2D eigenvalue weighted by molar-refractivity contribution is 0.393. The standard InChI is InChI=1S/C7H6N2OS/c8-7-9-6-3-10-2-1-5(6)4-11-7/h1-4H,(H2,8,9). The summed E-state index contributed by atoms with van der Waals surface area (Å²) >= 11 is 1.42. The molecule has 2 aliphatic rings. The first-order chi connectivity index (χ1) is 5.36. The summed E-state index contributed by atoms with van der Waals surface area (Å²) in [6.45, 7) is 0. The zero-order valence-electron chi connectivity index (χ0n) is 5.65. The molecule has 0 amide bonds. The molecule has 0 aromatic rings. The molecule has 0 bridgehead atoms. The van der Waals surface area contributed by atoms with Crippen molar-refractivity contribution < 1.29 is 4.74 Å². The van der Waals surface area contributed by atoms with Gasteiger partial charge in [0.05, 0.1) is 6.26 Å². The third-order valence-corrected chi connectivity index (χ3v) is 2.04. The highest BCUT2D eigenvalue weighted by Crippen LogP contribution is 2.26. The number of ether oxygens (including phenoxy) is 1. The fourth-order valence-corrected chi connectivity index (χ4v) is 1.43. The van der Waals surface area contributed by atoms with Gasteiger partial charge in [0.1, 0.15) is 12.0 Å². The smallest absolute Gasteiger partial charge is 0.163 e. The molecule has 0 aliphatic carbocycles. The summed E-state index contributed by atoms with van der Waals surface area (Å²) in [5, 5.41) is 2.51. The van der Waals surface area contributed by atoms with Crippen molar-refractivity contribution >= 4 is 16.9 Å². The van der Waals surface area contributed by atoms with Gasteiger partial charge in [0.2, 0.25) is 0 Å². The van der Waals surface area contributed by atoms with Crippen molar-refractivity contribution in [3.8, 4) is 0 Å². The molecular formula is C7H6N2OS. The van der Waals surface area contributed by atoms with Gasteiger partial charge in [-0.3, -0.25) is 0 Å². The molecule has 0 fully saturated rings. The Morgan fingerprint density at radius 2 is 2.45 bits per heavy atom. The lowest BCUT2D eigenvalue weighted by atomic mass is 10.2. The molecule has 0 radical (unpaired) electrons. The normalized spacial score (nSPS) is 20.9. The van der Waals surface area contributed by atoms with E-state index in [0.29, 0.717) is 5.17 Å². The summed E-state index contributed by atoms with van der Waals surface area (Å²) in [5.74, 6) is 0. The molecule has 0 spiro atoms. The first-order valence-corrected chi connectivity index (χ1v) is 3.98. The van der Waals surface area contributed by atoms with Crippen LogP contribution in [0.1, 0.15) is 0 Å². The molecule has 0 atom stereocenters. The number of thioether (sulfide) groups is 1. The van der Waals surface area contributed by atoms with E-state index in [1.165, 1.54) is 11.8 Å². The molecule has 0 saturated carbocycles. The molecule has 0 unspecified atom stereocenters. The maximum Gasteiger partial charge on any atom is 0.163 e. The predicted molar refractivity (Wildman–Crippen MR) is 45.6 cm³/mol. The van der Waals surface area contributed by atoms with E-state index in [-0.39, 0.29) is 0 Å². The summed E-state index contributed by atoms with van der Waals surface area (Å²) in [5.41, 5.74) is 7.34. The molecule has 0 aromatic heterocycles. The summed E-state index contributed by atoms with van der Waals surface area (Å²) in [6, 6.07) is 0. The van der Waals surface area contributed by atoms with Gasteiger partial charge in [-0.15, -0.1) is 0 Å². The lowest BCUT2D eigenvalue weighted by Crippen LogP contribution is -2.09. The number of nitrogens with zero attached hydrogens (tertiary/aromatic N) is 1. The second kappa shape index (κ2) is 2.47. The van der Waals surface area contributed by atoms with Crippen LogP contribution in [0.3, 0.4) is 0 Å². The number of nitrogens with two attached hydrogens (primary N) is 1. The zero-order valence-corrected chi connectivity index (χ0v) is 6.47. The molecule has 0 saturated heterocycles. The Labute approximate surface area is 68.3 Å². The Balaban J connectivity index is 2.36. The van der Waals surface area contributed by atoms with Crippen LogP contribution >= 0.6 is 11.8 Å². The summed E-state index contributed by atoms with van der Waals surface area (Å²) in [6.07, 6.45) is 5.06. The van der Waals surface area contributed by atoms with Crippen molar-refractivity contribution in [1.29, 1.82) is 0 Å². The highest BCUT2D eigenvalue weighted by atomic mass is 32.2. The fraction of sp³-hybridized carbons (Fsp3) is 0. The van der Waals surface area contributed by atoms with Crippen molar-refractivity contribution in [1.82, 2.24) is 0 Å². The third kappa shape index (κ3) is 1.17. The molecule has 2 N–H and O–H groups in total. The highest BCUT2D eigenvalue weighted by Gasteiger charge is 2.10. The Hall–Kier alpha value is -1.16. The van der Waals surface area contributed by atoms with Crippen LogP contribution in [0.5, 0.6) is 0 Å². The molecule has 4 heteroatoms. The number of rotatable bonds is 0. The predicted octanol–water partition coefficient (Wildman–Crippen LogP) is 1.32. The van der Waals surface area contributed by atoms with Crippen LogP contribution in [0.15, 0.2) is 40.3 Å². The molecular weight excluding hydrogens is 160 g/mol. The van der Waals surface area contributed by atoms with E-state index in [1.807, 2.05) is 11.5 Å². The molecule has 2 rings (SSSR count). The van der Waals surface area contributed by atoms with Gasteiger partial charge in [-0.2, -0.15) is 0 Å². The molecule has 2 aliphatic heterocycles. The van der Waals surface area contributed by atoms with Crippen LogP contribution in [-0.2, 0) is 4.74 Å². The van der Waals surface area contributed by atoms with E-state index in [2.05, 4.69) is 4.99 Å².